The van der Waals surface area contributed by atoms with Gasteiger partial charge in [0.05, 0.1) is 31.5 Å². The van der Waals surface area contributed by atoms with E-state index in [1.807, 2.05) is 36.4 Å². The van der Waals surface area contributed by atoms with Gasteiger partial charge in [0, 0.05) is 44.7 Å². The van der Waals surface area contributed by atoms with Crippen molar-refractivity contribution in [2.24, 2.45) is 7.05 Å². The lowest BCUT2D eigenvalue weighted by atomic mass is 10.2. The highest BCUT2D eigenvalue weighted by atomic mass is 35.5. The first-order valence-corrected chi connectivity index (χ1v) is 10.9. The van der Waals surface area contributed by atoms with Gasteiger partial charge in [-0.25, -0.2) is 4.98 Å². The van der Waals surface area contributed by atoms with Crippen LogP contribution >= 0.6 is 34.5 Å². The van der Waals surface area contributed by atoms with Crippen LogP contribution in [0.15, 0.2) is 47.3 Å². The van der Waals surface area contributed by atoms with Crippen LogP contribution in [0.5, 0.6) is 0 Å². The third-order valence-electron chi connectivity index (χ3n) is 5.47. The van der Waals surface area contributed by atoms with Crippen molar-refractivity contribution in [3.05, 3.63) is 62.9 Å². The van der Waals surface area contributed by atoms with Gasteiger partial charge >= 0.3 is 0 Å². The summed E-state index contributed by atoms with van der Waals surface area (Å²) >= 11 is 14.2. The largest absolute Gasteiger partial charge is 0.367 e. The van der Waals surface area contributed by atoms with Crippen LogP contribution in [0.1, 0.15) is 0 Å². The summed E-state index contributed by atoms with van der Waals surface area (Å²) in [5, 5.41) is 3.27. The molecule has 1 fully saturated rings. The molecule has 29 heavy (non-hydrogen) atoms. The minimum Gasteiger partial charge on any atom is -0.367 e. The molecule has 2 aromatic heterocycles. The minimum atomic E-state index is -0.00242. The molecule has 3 heterocycles. The molecule has 0 N–H and O–H groups in total. The Bertz CT molecular complexity index is 1290. The van der Waals surface area contributed by atoms with E-state index in [9.17, 15) is 4.79 Å². The number of fused-ring (bicyclic) bond motifs is 3. The second-order valence-corrected chi connectivity index (χ2v) is 8.88. The summed E-state index contributed by atoms with van der Waals surface area (Å²) in [5.41, 5.74) is 2.88. The number of pyridine rings is 1. The maximum atomic E-state index is 11.9. The number of nitrogens with zero attached hydrogens (tertiary/aromatic N) is 4. The number of anilines is 2. The van der Waals surface area contributed by atoms with Crippen LogP contribution in [0.4, 0.5) is 10.8 Å². The van der Waals surface area contributed by atoms with Gasteiger partial charge in [-0.1, -0.05) is 40.6 Å². The Kier molecular flexibility index (Phi) is 4.65. The normalized spacial score (nSPS) is 14.9. The Hall–Kier alpha value is -2.28. The number of piperazine rings is 1. The van der Waals surface area contributed by atoms with Crippen LogP contribution in [0, 0.1) is 0 Å². The number of thiazole rings is 1. The number of hydrogen-bond acceptors (Lipinski definition) is 5. The average molecular weight is 445 g/mol. The van der Waals surface area contributed by atoms with Crippen LogP contribution < -0.4 is 15.4 Å². The second-order valence-electron chi connectivity index (χ2n) is 7.12. The van der Waals surface area contributed by atoms with Crippen molar-refractivity contribution in [3.63, 3.8) is 0 Å². The van der Waals surface area contributed by atoms with Gasteiger partial charge in [-0.2, -0.15) is 0 Å². The van der Waals surface area contributed by atoms with Crippen LogP contribution in [0.2, 0.25) is 10.0 Å². The van der Waals surface area contributed by atoms with Crippen LogP contribution in [-0.4, -0.2) is 35.7 Å². The zero-order valence-electron chi connectivity index (χ0n) is 15.7. The lowest BCUT2D eigenvalue weighted by Crippen LogP contribution is -2.46. The van der Waals surface area contributed by atoms with Gasteiger partial charge in [-0.05, 0) is 30.3 Å². The number of aryl methyl sites for hydroxylation is 1. The molecule has 148 valence electrons. The standard InChI is InChI=1S/C21H18Cl2N4OS/c1-25-16-7-6-15-20(13(16)5-8-18(25)28)29-21(24-15)27-11-9-26(10-12-27)17-4-2-3-14(22)19(17)23/h2-8H,9-12H2,1H3. The summed E-state index contributed by atoms with van der Waals surface area (Å²) < 4.78 is 2.80. The van der Waals surface area contributed by atoms with Crippen molar-refractivity contribution in [2.45, 2.75) is 0 Å². The highest BCUT2D eigenvalue weighted by Crippen LogP contribution is 2.36. The SMILES string of the molecule is Cn1c(=O)ccc2c3sc(N4CCN(c5cccc(Cl)c5Cl)CC4)nc3ccc21. The lowest BCUT2D eigenvalue weighted by Gasteiger charge is -2.36. The van der Waals surface area contributed by atoms with Crippen molar-refractivity contribution in [1.29, 1.82) is 0 Å². The summed E-state index contributed by atoms with van der Waals surface area (Å²) in [7, 11) is 1.80. The highest BCUT2D eigenvalue weighted by molar-refractivity contribution is 7.23. The van der Waals surface area contributed by atoms with Crippen molar-refractivity contribution >= 4 is 66.5 Å². The van der Waals surface area contributed by atoms with Crippen LogP contribution in [-0.2, 0) is 7.05 Å². The number of rotatable bonds is 2. The van der Waals surface area contributed by atoms with Gasteiger partial charge in [-0.3, -0.25) is 4.79 Å². The Morgan fingerprint density at radius 2 is 1.72 bits per heavy atom. The molecule has 2 aromatic carbocycles. The molecule has 5 rings (SSSR count). The van der Waals surface area contributed by atoms with Crippen molar-refractivity contribution in [3.8, 4) is 0 Å². The maximum Gasteiger partial charge on any atom is 0.250 e. The topological polar surface area (TPSA) is 41.4 Å². The Morgan fingerprint density at radius 3 is 2.52 bits per heavy atom. The zero-order chi connectivity index (χ0) is 20.1. The summed E-state index contributed by atoms with van der Waals surface area (Å²) in [6.07, 6.45) is 0. The summed E-state index contributed by atoms with van der Waals surface area (Å²) in [4.78, 5) is 21.4. The fourth-order valence-corrected chi connectivity index (χ4v) is 5.39. The van der Waals surface area contributed by atoms with E-state index in [4.69, 9.17) is 28.2 Å². The molecule has 0 bridgehead atoms. The first-order valence-electron chi connectivity index (χ1n) is 9.36. The molecule has 8 heteroatoms. The Balaban J connectivity index is 1.44. The molecule has 0 amide bonds. The molecular weight excluding hydrogens is 427 g/mol. The minimum absolute atomic E-state index is 0.00242. The van der Waals surface area contributed by atoms with E-state index in [2.05, 4.69) is 9.80 Å². The molecule has 0 atom stereocenters. The number of hydrogen-bond donors (Lipinski definition) is 0. The van der Waals surface area contributed by atoms with Crippen molar-refractivity contribution < 1.29 is 0 Å². The fourth-order valence-electron chi connectivity index (χ4n) is 3.84. The first kappa shape index (κ1) is 18.7. The molecule has 0 aliphatic carbocycles. The zero-order valence-corrected chi connectivity index (χ0v) is 18.1. The van der Waals surface area contributed by atoms with E-state index in [0.29, 0.717) is 10.0 Å². The highest BCUT2D eigenvalue weighted by Gasteiger charge is 2.22. The molecule has 0 saturated carbocycles. The van der Waals surface area contributed by atoms with E-state index in [1.54, 1.807) is 29.0 Å². The third kappa shape index (κ3) is 3.16. The molecule has 1 saturated heterocycles. The fraction of sp³-hybridized carbons (Fsp3) is 0.238. The predicted molar refractivity (Wildman–Crippen MR) is 123 cm³/mol. The van der Waals surface area contributed by atoms with Gasteiger partial charge in [0.15, 0.2) is 5.13 Å². The summed E-state index contributed by atoms with van der Waals surface area (Å²) in [5.74, 6) is 0. The molecule has 0 unspecified atom stereocenters. The van der Waals surface area contributed by atoms with E-state index >= 15 is 0 Å². The Morgan fingerprint density at radius 1 is 0.966 bits per heavy atom. The molecule has 1 aliphatic heterocycles. The van der Waals surface area contributed by atoms with E-state index < -0.39 is 0 Å². The molecule has 0 spiro atoms. The quantitative estimate of drug-likeness (QED) is 0.445. The number of aromatic nitrogens is 2. The first-order chi connectivity index (χ1) is 14.0. The van der Waals surface area contributed by atoms with Crippen molar-refractivity contribution in [2.75, 3.05) is 36.0 Å². The molecular formula is C21H18Cl2N4OS. The van der Waals surface area contributed by atoms with E-state index in [-0.39, 0.29) is 5.56 Å². The molecule has 5 nitrogen and oxygen atoms in total. The van der Waals surface area contributed by atoms with E-state index in [0.717, 1.165) is 58.1 Å². The van der Waals surface area contributed by atoms with Crippen molar-refractivity contribution in [1.82, 2.24) is 9.55 Å². The van der Waals surface area contributed by atoms with Gasteiger partial charge in [-0.15, -0.1) is 0 Å². The number of benzene rings is 2. The van der Waals surface area contributed by atoms with Crippen LogP contribution in [0.3, 0.4) is 0 Å². The van der Waals surface area contributed by atoms with Gasteiger partial charge in [0.2, 0.25) is 0 Å². The molecule has 4 aromatic rings. The lowest BCUT2D eigenvalue weighted by molar-refractivity contribution is 0.652. The van der Waals surface area contributed by atoms with E-state index in [1.165, 1.54) is 0 Å². The maximum absolute atomic E-state index is 11.9. The molecule has 0 radical (unpaired) electrons. The van der Waals surface area contributed by atoms with Gasteiger partial charge in [0.1, 0.15) is 0 Å². The van der Waals surface area contributed by atoms with Gasteiger partial charge in [0.25, 0.3) is 5.56 Å². The summed E-state index contributed by atoms with van der Waals surface area (Å²) in [6.45, 7) is 3.43. The predicted octanol–water partition coefficient (Wildman–Crippen LogP) is 4.78. The Labute approximate surface area is 181 Å². The summed E-state index contributed by atoms with van der Waals surface area (Å²) in [6, 6.07) is 13.3. The third-order valence-corrected chi connectivity index (χ3v) is 7.44. The monoisotopic (exact) mass is 444 g/mol. The number of halogens is 2. The molecule has 1 aliphatic rings. The van der Waals surface area contributed by atoms with Crippen LogP contribution in [0.25, 0.3) is 21.1 Å². The second kappa shape index (κ2) is 7.20. The average Bonchev–Trinajstić information content (AvgIpc) is 3.17. The van der Waals surface area contributed by atoms with Gasteiger partial charge < -0.3 is 14.4 Å². The smallest absolute Gasteiger partial charge is 0.250 e.